The molecule has 17 heavy (non-hydrogen) atoms. The first kappa shape index (κ1) is 14.4. The van der Waals surface area contributed by atoms with E-state index in [1.165, 1.54) is 11.1 Å². The van der Waals surface area contributed by atoms with E-state index in [1.807, 2.05) is 0 Å². The smallest absolute Gasteiger partial charge is 0.0428 e. The van der Waals surface area contributed by atoms with Gasteiger partial charge in [0.2, 0.25) is 0 Å². The van der Waals surface area contributed by atoms with Gasteiger partial charge in [-0.25, -0.2) is 0 Å². The highest BCUT2D eigenvalue weighted by molar-refractivity contribution is 7.85. The first-order valence-corrected chi connectivity index (χ1v) is 7.70. The molecule has 1 rings (SSSR count). The highest BCUT2D eigenvalue weighted by Gasteiger charge is 2.10. The van der Waals surface area contributed by atoms with E-state index in [2.05, 4.69) is 39.0 Å². The minimum absolute atomic E-state index is 0.105. The number of nitrogens with two attached hydrogens (primary N) is 1. The first-order chi connectivity index (χ1) is 8.02. The standard InChI is InChI=1S/C14H23NOS/c1-4-5-6-17(16)10-14(15)13-8-11(2)7-12(3)9-13/h7-9,14H,4-6,10,15H2,1-3H3. The predicted octanol–water partition coefficient (Wildman–Crippen LogP) is 2.85. The second kappa shape index (κ2) is 6.92. The normalized spacial score (nSPS) is 14.6. The lowest BCUT2D eigenvalue weighted by Gasteiger charge is -2.13. The van der Waals surface area contributed by atoms with Crippen LogP contribution in [0.3, 0.4) is 0 Å². The fourth-order valence-corrected chi connectivity index (χ4v) is 3.28. The number of benzene rings is 1. The highest BCUT2D eigenvalue weighted by Crippen LogP contribution is 2.16. The van der Waals surface area contributed by atoms with E-state index < -0.39 is 10.8 Å². The molecular weight excluding hydrogens is 230 g/mol. The van der Waals surface area contributed by atoms with Crippen molar-refractivity contribution in [3.8, 4) is 0 Å². The van der Waals surface area contributed by atoms with Crippen molar-refractivity contribution in [1.29, 1.82) is 0 Å². The summed E-state index contributed by atoms with van der Waals surface area (Å²) in [5.41, 5.74) is 9.65. The molecule has 0 fully saturated rings. The fraction of sp³-hybridized carbons (Fsp3) is 0.571. The van der Waals surface area contributed by atoms with E-state index in [-0.39, 0.29) is 6.04 Å². The van der Waals surface area contributed by atoms with Crippen molar-refractivity contribution in [2.75, 3.05) is 11.5 Å². The quantitative estimate of drug-likeness (QED) is 0.847. The predicted molar refractivity (Wildman–Crippen MR) is 75.6 cm³/mol. The van der Waals surface area contributed by atoms with Crippen LogP contribution >= 0.6 is 0 Å². The lowest BCUT2D eigenvalue weighted by atomic mass is 10.0. The average Bonchev–Trinajstić information content (AvgIpc) is 2.25. The molecule has 96 valence electrons. The molecule has 0 spiro atoms. The van der Waals surface area contributed by atoms with Gasteiger partial charge < -0.3 is 5.73 Å². The molecule has 2 unspecified atom stereocenters. The summed E-state index contributed by atoms with van der Waals surface area (Å²) in [5.74, 6) is 1.35. The number of hydrogen-bond donors (Lipinski definition) is 1. The van der Waals surface area contributed by atoms with Gasteiger partial charge in [0, 0.05) is 28.3 Å². The maximum absolute atomic E-state index is 11.8. The van der Waals surface area contributed by atoms with Gasteiger partial charge in [-0.05, 0) is 25.8 Å². The SMILES string of the molecule is CCCCS(=O)CC(N)c1cc(C)cc(C)c1. The number of rotatable bonds is 6. The van der Waals surface area contributed by atoms with Gasteiger partial charge in [-0.15, -0.1) is 0 Å². The van der Waals surface area contributed by atoms with Gasteiger partial charge in [-0.1, -0.05) is 42.7 Å². The molecule has 0 aliphatic rings. The number of unbranched alkanes of at least 4 members (excludes halogenated alkanes) is 1. The third kappa shape index (κ3) is 5.00. The van der Waals surface area contributed by atoms with Crippen LogP contribution in [0, 0.1) is 13.8 Å². The van der Waals surface area contributed by atoms with Crippen molar-refractivity contribution < 1.29 is 4.21 Å². The summed E-state index contributed by atoms with van der Waals surface area (Å²) in [6.07, 6.45) is 2.11. The van der Waals surface area contributed by atoms with Gasteiger partial charge in [-0.3, -0.25) is 4.21 Å². The topological polar surface area (TPSA) is 43.1 Å². The Balaban J connectivity index is 2.63. The third-order valence-corrected chi connectivity index (χ3v) is 4.24. The Morgan fingerprint density at radius 2 is 1.82 bits per heavy atom. The molecule has 0 radical (unpaired) electrons. The van der Waals surface area contributed by atoms with Crippen LogP contribution in [-0.2, 0) is 10.8 Å². The Labute approximate surface area is 107 Å². The molecule has 0 aliphatic carbocycles. The van der Waals surface area contributed by atoms with Gasteiger partial charge in [0.25, 0.3) is 0 Å². The second-order valence-electron chi connectivity index (χ2n) is 4.69. The van der Waals surface area contributed by atoms with E-state index in [0.29, 0.717) is 5.75 Å². The molecule has 0 amide bonds. The zero-order chi connectivity index (χ0) is 12.8. The summed E-state index contributed by atoms with van der Waals surface area (Å²) in [7, 11) is -0.789. The van der Waals surface area contributed by atoms with Crippen molar-refractivity contribution in [1.82, 2.24) is 0 Å². The lowest BCUT2D eigenvalue weighted by molar-refractivity contribution is 0.671. The van der Waals surface area contributed by atoms with Gasteiger partial charge in [0.15, 0.2) is 0 Å². The molecule has 2 atom stereocenters. The molecule has 0 saturated heterocycles. The summed E-state index contributed by atoms with van der Waals surface area (Å²) in [6.45, 7) is 6.25. The minimum atomic E-state index is -0.789. The van der Waals surface area contributed by atoms with Crippen LogP contribution in [0.15, 0.2) is 18.2 Å². The zero-order valence-electron chi connectivity index (χ0n) is 11.0. The zero-order valence-corrected chi connectivity index (χ0v) is 11.8. The summed E-state index contributed by atoms with van der Waals surface area (Å²) in [6, 6.07) is 6.21. The average molecular weight is 253 g/mol. The van der Waals surface area contributed by atoms with Gasteiger partial charge in [-0.2, -0.15) is 0 Å². The van der Waals surface area contributed by atoms with Crippen LogP contribution in [0.5, 0.6) is 0 Å². The minimum Gasteiger partial charge on any atom is -0.323 e. The van der Waals surface area contributed by atoms with Crippen molar-refractivity contribution in [2.45, 2.75) is 39.7 Å². The third-order valence-electron chi connectivity index (χ3n) is 2.76. The summed E-state index contributed by atoms with van der Waals surface area (Å²) < 4.78 is 11.8. The fourth-order valence-electron chi connectivity index (χ4n) is 1.91. The molecule has 0 aromatic heterocycles. The van der Waals surface area contributed by atoms with Crippen LogP contribution in [-0.4, -0.2) is 15.7 Å². The largest absolute Gasteiger partial charge is 0.323 e. The molecular formula is C14H23NOS. The van der Waals surface area contributed by atoms with E-state index in [4.69, 9.17) is 5.73 Å². The van der Waals surface area contributed by atoms with E-state index in [9.17, 15) is 4.21 Å². The van der Waals surface area contributed by atoms with Gasteiger partial charge in [0.1, 0.15) is 0 Å². The Morgan fingerprint density at radius 1 is 1.24 bits per heavy atom. The summed E-state index contributed by atoms with van der Waals surface area (Å²) in [4.78, 5) is 0. The molecule has 3 heteroatoms. The second-order valence-corrected chi connectivity index (χ2v) is 6.31. The van der Waals surface area contributed by atoms with Crippen LogP contribution in [0.1, 0.15) is 42.5 Å². The molecule has 0 aliphatic heterocycles. The van der Waals surface area contributed by atoms with E-state index >= 15 is 0 Å². The maximum Gasteiger partial charge on any atom is 0.0428 e. The van der Waals surface area contributed by atoms with Crippen molar-refractivity contribution in [2.24, 2.45) is 5.73 Å². The van der Waals surface area contributed by atoms with Crippen LogP contribution in [0.25, 0.3) is 0 Å². The van der Waals surface area contributed by atoms with Crippen LogP contribution in [0.4, 0.5) is 0 Å². The molecule has 1 aromatic rings. The highest BCUT2D eigenvalue weighted by atomic mass is 32.2. The molecule has 2 N–H and O–H groups in total. The number of aryl methyl sites for hydroxylation is 2. The Bertz CT molecular complexity index is 370. The van der Waals surface area contributed by atoms with Gasteiger partial charge >= 0.3 is 0 Å². The van der Waals surface area contributed by atoms with Crippen molar-refractivity contribution in [3.05, 3.63) is 34.9 Å². The van der Waals surface area contributed by atoms with E-state index in [1.54, 1.807) is 0 Å². The molecule has 1 aromatic carbocycles. The van der Waals surface area contributed by atoms with E-state index in [0.717, 1.165) is 24.2 Å². The lowest BCUT2D eigenvalue weighted by Crippen LogP contribution is -2.20. The first-order valence-electron chi connectivity index (χ1n) is 6.21. The summed E-state index contributed by atoms with van der Waals surface area (Å²) in [5, 5.41) is 0. The van der Waals surface area contributed by atoms with Crippen LogP contribution in [0.2, 0.25) is 0 Å². The van der Waals surface area contributed by atoms with Crippen molar-refractivity contribution in [3.63, 3.8) is 0 Å². The Morgan fingerprint density at radius 3 is 2.35 bits per heavy atom. The molecule has 0 saturated carbocycles. The molecule has 2 nitrogen and oxygen atoms in total. The van der Waals surface area contributed by atoms with Gasteiger partial charge in [0.05, 0.1) is 0 Å². The number of hydrogen-bond acceptors (Lipinski definition) is 2. The Hall–Kier alpha value is -0.670. The Kier molecular flexibility index (Phi) is 5.86. The maximum atomic E-state index is 11.8. The molecule has 0 bridgehead atoms. The molecule has 0 heterocycles. The van der Waals surface area contributed by atoms with Crippen molar-refractivity contribution >= 4 is 10.8 Å². The summed E-state index contributed by atoms with van der Waals surface area (Å²) >= 11 is 0. The van der Waals surface area contributed by atoms with Crippen LogP contribution < -0.4 is 5.73 Å². The monoisotopic (exact) mass is 253 g/mol.